The molecule has 0 radical (unpaired) electrons. The first-order valence-corrected chi connectivity index (χ1v) is 7.51. The molecule has 0 aromatic heterocycles. The molecule has 0 bridgehead atoms. The molecule has 1 N–H and O–H groups in total. The van der Waals surface area contributed by atoms with Gasteiger partial charge in [-0.1, -0.05) is 24.3 Å². The molecule has 1 unspecified atom stereocenters. The average Bonchev–Trinajstić information content (AvgIpc) is 3.04. The number of halogens is 1. The number of para-hydroxylation sites is 2. The van der Waals surface area contributed by atoms with Crippen LogP contribution in [0, 0.1) is 5.82 Å². The molecule has 2 aromatic rings. The number of carboxylic acid groups (broad SMARTS) is 1. The highest BCUT2D eigenvalue weighted by Crippen LogP contribution is 2.36. The van der Waals surface area contributed by atoms with Crippen LogP contribution < -0.4 is 9.64 Å². The summed E-state index contributed by atoms with van der Waals surface area (Å²) in [4.78, 5) is 13.2. The second-order valence-corrected chi connectivity index (χ2v) is 5.62. The average molecular weight is 315 g/mol. The first kappa shape index (κ1) is 15.3. The van der Waals surface area contributed by atoms with Crippen molar-refractivity contribution in [1.29, 1.82) is 0 Å². The monoisotopic (exact) mass is 315 g/mol. The Bertz CT molecular complexity index is 732. The van der Waals surface area contributed by atoms with Crippen LogP contribution in [0.5, 0.6) is 5.75 Å². The maximum atomic E-state index is 14.4. The van der Waals surface area contributed by atoms with Crippen LogP contribution in [0.15, 0.2) is 42.5 Å². The third-order valence-corrected chi connectivity index (χ3v) is 4.31. The Morgan fingerprint density at radius 2 is 2.04 bits per heavy atom. The Hall–Kier alpha value is -2.56. The number of carboxylic acids is 1. The SMILES string of the molecule is COc1ccccc1N1CCC(c2cccc(C(=O)O)c2F)C1. The summed E-state index contributed by atoms with van der Waals surface area (Å²) in [7, 11) is 1.63. The van der Waals surface area contributed by atoms with Crippen LogP contribution in [0.3, 0.4) is 0 Å². The van der Waals surface area contributed by atoms with Crippen LogP contribution >= 0.6 is 0 Å². The molecule has 5 heteroatoms. The molecule has 120 valence electrons. The first-order valence-electron chi connectivity index (χ1n) is 7.51. The minimum atomic E-state index is -1.23. The van der Waals surface area contributed by atoms with E-state index in [0.717, 1.165) is 24.4 Å². The number of hydrogen-bond acceptors (Lipinski definition) is 3. The fourth-order valence-electron chi connectivity index (χ4n) is 3.15. The number of aromatic carboxylic acids is 1. The van der Waals surface area contributed by atoms with E-state index in [0.29, 0.717) is 12.1 Å². The number of rotatable bonds is 4. The predicted molar refractivity (Wildman–Crippen MR) is 85.9 cm³/mol. The minimum absolute atomic E-state index is 0.0285. The Morgan fingerprint density at radius 3 is 2.78 bits per heavy atom. The van der Waals surface area contributed by atoms with Crippen molar-refractivity contribution >= 4 is 11.7 Å². The molecule has 2 aromatic carbocycles. The molecule has 1 saturated heterocycles. The second kappa shape index (κ2) is 6.28. The highest BCUT2D eigenvalue weighted by Gasteiger charge is 2.29. The third kappa shape index (κ3) is 2.86. The molecule has 1 atom stereocenters. The van der Waals surface area contributed by atoms with Gasteiger partial charge in [-0.15, -0.1) is 0 Å². The van der Waals surface area contributed by atoms with Gasteiger partial charge in [0.25, 0.3) is 0 Å². The molecule has 4 nitrogen and oxygen atoms in total. The van der Waals surface area contributed by atoms with Crippen LogP contribution in [-0.4, -0.2) is 31.3 Å². The normalized spacial score (nSPS) is 17.3. The highest BCUT2D eigenvalue weighted by molar-refractivity contribution is 5.88. The smallest absolute Gasteiger partial charge is 0.338 e. The summed E-state index contributed by atoms with van der Waals surface area (Å²) in [6.07, 6.45) is 0.776. The number of carbonyl (C=O) groups is 1. The van der Waals surface area contributed by atoms with Gasteiger partial charge in [0.05, 0.1) is 18.4 Å². The Morgan fingerprint density at radius 1 is 1.26 bits per heavy atom. The van der Waals surface area contributed by atoms with Gasteiger partial charge < -0.3 is 14.7 Å². The molecule has 0 aliphatic carbocycles. The van der Waals surface area contributed by atoms with Gasteiger partial charge in [-0.3, -0.25) is 0 Å². The predicted octanol–water partition coefficient (Wildman–Crippen LogP) is 3.53. The van der Waals surface area contributed by atoms with E-state index in [1.54, 1.807) is 19.2 Å². The van der Waals surface area contributed by atoms with E-state index >= 15 is 0 Å². The molecule has 3 rings (SSSR count). The molecular weight excluding hydrogens is 297 g/mol. The Kier molecular flexibility index (Phi) is 4.19. The van der Waals surface area contributed by atoms with Gasteiger partial charge in [-0.2, -0.15) is 0 Å². The van der Waals surface area contributed by atoms with Crippen LogP contribution in [0.1, 0.15) is 28.3 Å². The number of methoxy groups -OCH3 is 1. The Labute approximate surface area is 134 Å². The van der Waals surface area contributed by atoms with Crippen molar-refractivity contribution in [2.75, 3.05) is 25.1 Å². The van der Waals surface area contributed by atoms with E-state index < -0.39 is 11.8 Å². The first-order chi connectivity index (χ1) is 11.1. The van der Waals surface area contributed by atoms with Crippen LogP contribution in [0.2, 0.25) is 0 Å². The maximum absolute atomic E-state index is 14.4. The fourth-order valence-corrected chi connectivity index (χ4v) is 3.15. The summed E-state index contributed by atoms with van der Waals surface area (Å²) in [5.41, 5.74) is 1.19. The van der Waals surface area contributed by atoms with Gasteiger partial charge in [0, 0.05) is 19.0 Å². The lowest BCUT2D eigenvalue weighted by Crippen LogP contribution is -2.20. The number of anilines is 1. The summed E-state index contributed by atoms with van der Waals surface area (Å²) < 4.78 is 19.8. The lowest BCUT2D eigenvalue weighted by Gasteiger charge is -2.21. The molecular formula is C18H18FNO3. The van der Waals surface area contributed by atoms with Gasteiger partial charge in [0.1, 0.15) is 11.6 Å². The van der Waals surface area contributed by atoms with Crippen LogP contribution in [-0.2, 0) is 0 Å². The topological polar surface area (TPSA) is 49.8 Å². The summed E-state index contributed by atoms with van der Waals surface area (Å²) in [5, 5.41) is 9.06. The molecule has 0 saturated carbocycles. The number of ether oxygens (including phenoxy) is 1. The largest absolute Gasteiger partial charge is 0.495 e. The van der Waals surface area contributed by atoms with Gasteiger partial charge in [-0.25, -0.2) is 9.18 Å². The zero-order chi connectivity index (χ0) is 16.4. The van der Waals surface area contributed by atoms with Gasteiger partial charge in [0.2, 0.25) is 0 Å². The van der Waals surface area contributed by atoms with Crippen LogP contribution in [0.4, 0.5) is 10.1 Å². The second-order valence-electron chi connectivity index (χ2n) is 5.62. The molecule has 1 aliphatic rings. The number of nitrogens with zero attached hydrogens (tertiary/aromatic N) is 1. The highest BCUT2D eigenvalue weighted by atomic mass is 19.1. The Balaban J connectivity index is 1.86. The molecule has 0 amide bonds. The summed E-state index contributed by atoms with van der Waals surface area (Å²) in [6.45, 7) is 1.42. The van der Waals surface area contributed by atoms with Crippen molar-refractivity contribution in [2.24, 2.45) is 0 Å². The lowest BCUT2D eigenvalue weighted by molar-refractivity contribution is 0.0691. The van der Waals surface area contributed by atoms with Crippen molar-refractivity contribution in [3.63, 3.8) is 0 Å². The minimum Gasteiger partial charge on any atom is -0.495 e. The zero-order valence-corrected chi connectivity index (χ0v) is 12.8. The number of hydrogen-bond donors (Lipinski definition) is 1. The van der Waals surface area contributed by atoms with Crippen molar-refractivity contribution in [3.05, 3.63) is 59.4 Å². The summed E-state index contributed by atoms with van der Waals surface area (Å²) in [5.74, 6) is -1.09. The van der Waals surface area contributed by atoms with Crippen LogP contribution in [0.25, 0.3) is 0 Å². The van der Waals surface area contributed by atoms with E-state index in [1.165, 1.54) is 6.07 Å². The van der Waals surface area contributed by atoms with Gasteiger partial charge in [0.15, 0.2) is 0 Å². The molecule has 1 fully saturated rings. The molecule has 0 spiro atoms. The zero-order valence-electron chi connectivity index (χ0n) is 12.8. The van der Waals surface area contributed by atoms with Crippen molar-refractivity contribution in [1.82, 2.24) is 0 Å². The summed E-state index contributed by atoms with van der Waals surface area (Å²) in [6, 6.07) is 12.3. The van der Waals surface area contributed by atoms with E-state index in [4.69, 9.17) is 9.84 Å². The van der Waals surface area contributed by atoms with Crippen molar-refractivity contribution in [3.8, 4) is 5.75 Å². The van der Waals surface area contributed by atoms with E-state index in [1.807, 2.05) is 24.3 Å². The fraction of sp³-hybridized carbons (Fsp3) is 0.278. The number of benzene rings is 2. The lowest BCUT2D eigenvalue weighted by atomic mass is 9.96. The van der Waals surface area contributed by atoms with Gasteiger partial charge in [-0.05, 0) is 30.2 Å². The standard InChI is InChI=1S/C18H18FNO3/c1-23-16-8-3-2-7-15(16)20-10-9-12(11-20)13-5-4-6-14(17(13)19)18(21)22/h2-8,12H,9-11H2,1H3,(H,21,22). The molecule has 1 aliphatic heterocycles. The van der Waals surface area contributed by atoms with Crippen molar-refractivity contribution < 1.29 is 19.0 Å². The molecule has 1 heterocycles. The van der Waals surface area contributed by atoms with Gasteiger partial charge >= 0.3 is 5.97 Å². The van der Waals surface area contributed by atoms with E-state index in [2.05, 4.69) is 4.90 Å². The van der Waals surface area contributed by atoms with E-state index in [9.17, 15) is 9.18 Å². The maximum Gasteiger partial charge on any atom is 0.338 e. The third-order valence-electron chi connectivity index (χ3n) is 4.31. The summed E-state index contributed by atoms with van der Waals surface area (Å²) >= 11 is 0. The van der Waals surface area contributed by atoms with E-state index in [-0.39, 0.29) is 11.5 Å². The van der Waals surface area contributed by atoms with Crippen molar-refractivity contribution in [2.45, 2.75) is 12.3 Å². The molecule has 23 heavy (non-hydrogen) atoms. The quantitative estimate of drug-likeness (QED) is 0.938.